The van der Waals surface area contributed by atoms with Gasteiger partial charge in [0.25, 0.3) is 0 Å². The summed E-state index contributed by atoms with van der Waals surface area (Å²) in [5.41, 5.74) is 0. The Kier molecular flexibility index (Phi) is 6.80. The Morgan fingerprint density at radius 2 is 2.21 bits per heavy atom. The summed E-state index contributed by atoms with van der Waals surface area (Å²) in [6.07, 6.45) is 4.07. The fraction of sp³-hybridized carbons (Fsp3) is 0.615. The van der Waals surface area contributed by atoms with Crippen molar-refractivity contribution in [3.05, 3.63) is 24.2 Å². The molecule has 0 saturated carbocycles. The van der Waals surface area contributed by atoms with E-state index in [0.717, 1.165) is 12.2 Å². The zero-order valence-electron chi connectivity index (χ0n) is 11.6. The molecule has 1 rings (SSSR count). The van der Waals surface area contributed by atoms with Crippen molar-refractivity contribution in [3.63, 3.8) is 0 Å². The van der Waals surface area contributed by atoms with Crippen LogP contribution in [-0.2, 0) is 22.1 Å². The molecular weight excluding hydrogens is 264 g/mol. The Bertz CT molecular complexity index is 406. The first-order chi connectivity index (χ1) is 9.00. The van der Waals surface area contributed by atoms with E-state index in [9.17, 15) is 9.00 Å². The Morgan fingerprint density at radius 3 is 2.79 bits per heavy atom. The van der Waals surface area contributed by atoms with Crippen LogP contribution in [0.15, 0.2) is 22.8 Å². The van der Waals surface area contributed by atoms with Gasteiger partial charge in [0.15, 0.2) is 0 Å². The first kappa shape index (κ1) is 15.9. The van der Waals surface area contributed by atoms with E-state index in [2.05, 4.69) is 10.6 Å². The molecule has 0 radical (unpaired) electrons. The Hall–Kier alpha value is -1.14. The highest BCUT2D eigenvalue weighted by atomic mass is 32.2. The number of amides is 1. The summed E-state index contributed by atoms with van der Waals surface area (Å²) in [6.45, 7) is 4.83. The molecule has 1 aromatic rings. The number of hydrogen-bond donors (Lipinski definition) is 2. The summed E-state index contributed by atoms with van der Waals surface area (Å²) >= 11 is 0. The van der Waals surface area contributed by atoms with Crippen LogP contribution >= 0.6 is 0 Å². The number of hydrogen-bond acceptors (Lipinski definition) is 4. The van der Waals surface area contributed by atoms with Crippen LogP contribution < -0.4 is 10.6 Å². The lowest BCUT2D eigenvalue weighted by Crippen LogP contribution is -2.42. The first-order valence-electron chi connectivity index (χ1n) is 6.36. The molecule has 0 aliphatic carbocycles. The highest BCUT2D eigenvalue weighted by Crippen LogP contribution is 2.00. The van der Waals surface area contributed by atoms with Crippen molar-refractivity contribution in [2.75, 3.05) is 12.8 Å². The summed E-state index contributed by atoms with van der Waals surface area (Å²) in [5, 5.41) is 6.06. The van der Waals surface area contributed by atoms with Crippen LogP contribution in [-0.4, -0.2) is 34.2 Å². The van der Waals surface area contributed by atoms with Crippen LogP contribution in [0, 0.1) is 0 Å². The van der Waals surface area contributed by atoms with Crippen LogP contribution in [0.25, 0.3) is 0 Å². The molecule has 2 N–H and O–H groups in total. The van der Waals surface area contributed by atoms with Gasteiger partial charge in [-0.25, -0.2) is 0 Å². The van der Waals surface area contributed by atoms with E-state index >= 15 is 0 Å². The zero-order chi connectivity index (χ0) is 14.3. The number of nitrogens with one attached hydrogen (secondary N) is 2. The van der Waals surface area contributed by atoms with Crippen molar-refractivity contribution in [1.82, 2.24) is 10.6 Å². The third kappa shape index (κ3) is 6.02. The van der Waals surface area contributed by atoms with Gasteiger partial charge in [-0.2, -0.15) is 0 Å². The first-order valence-corrected chi connectivity index (χ1v) is 7.98. The topological polar surface area (TPSA) is 71.3 Å². The van der Waals surface area contributed by atoms with Gasteiger partial charge >= 0.3 is 0 Å². The average Bonchev–Trinajstić information content (AvgIpc) is 2.88. The van der Waals surface area contributed by atoms with Gasteiger partial charge in [0.1, 0.15) is 5.76 Å². The molecule has 0 saturated heterocycles. The predicted molar refractivity (Wildman–Crippen MR) is 76.2 cm³/mol. The molecule has 3 atom stereocenters. The highest BCUT2D eigenvalue weighted by molar-refractivity contribution is 7.84. The van der Waals surface area contributed by atoms with Crippen molar-refractivity contribution in [2.45, 2.75) is 38.1 Å². The quantitative estimate of drug-likeness (QED) is 0.749. The SMILES string of the molecule is CC(NCCC(C)S(C)=O)C(=O)NCc1ccco1. The number of furan rings is 1. The van der Waals surface area contributed by atoms with Gasteiger partial charge in [0.2, 0.25) is 5.91 Å². The van der Waals surface area contributed by atoms with Crippen LogP contribution in [0.5, 0.6) is 0 Å². The second kappa shape index (κ2) is 8.12. The van der Waals surface area contributed by atoms with Crippen molar-refractivity contribution >= 4 is 16.7 Å². The second-order valence-electron chi connectivity index (χ2n) is 4.57. The second-order valence-corrected chi connectivity index (χ2v) is 6.37. The standard InChI is InChI=1S/C13H22N2O3S/c1-10(19(3)17)6-7-14-11(2)13(16)15-9-12-5-4-8-18-12/h4-5,8,10-11,14H,6-7,9H2,1-3H3,(H,15,16). The maximum absolute atomic E-state index is 11.8. The van der Waals surface area contributed by atoms with Crippen LogP contribution in [0.3, 0.4) is 0 Å². The van der Waals surface area contributed by atoms with E-state index in [1.807, 2.05) is 19.9 Å². The van der Waals surface area contributed by atoms with E-state index in [4.69, 9.17) is 4.42 Å². The molecule has 6 heteroatoms. The lowest BCUT2D eigenvalue weighted by molar-refractivity contribution is -0.123. The van der Waals surface area contributed by atoms with Crippen molar-refractivity contribution in [3.8, 4) is 0 Å². The normalized spacial score (nSPS) is 15.7. The summed E-state index contributed by atoms with van der Waals surface area (Å²) in [6, 6.07) is 3.33. The highest BCUT2D eigenvalue weighted by Gasteiger charge is 2.13. The zero-order valence-corrected chi connectivity index (χ0v) is 12.5. The predicted octanol–water partition coefficient (Wildman–Crippen LogP) is 1.03. The van der Waals surface area contributed by atoms with Crippen molar-refractivity contribution in [2.24, 2.45) is 0 Å². The molecule has 0 aliphatic rings. The van der Waals surface area contributed by atoms with E-state index in [1.54, 1.807) is 18.6 Å². The maximum Gasteiger partial charge on any atom is 0.237 e. The Labute approximate surface area is 116 Å². The summed E-state index contributed by atoms with van der Waals surface area (Å²) in [5.74, 6) is 0.664. The summed E-state index contributed by atoms with van der Waals surface area (Å²) in [7, 11) is -0.812. The van der Waals surface area contributed by atoms with Gasteiger partial charge in [-0.05, 0) is 32.0 Å². The summed E-state index contributed by atoms with van der Waals surface area (Å²) < 4.78 is 16.3. The molecule has 0 bridgehead atoms. The third-order valence-corrected chi connectivity index (χ3v) is 4.35. The Morgan fingerprint density at radius 1 is 1.47 bits per heavy atom. The minimum atomic E-state index is -0.812. The number of carbonyl (C=O) groups excluding carboxylic acids is 1. The Balaban J connectivity index is 2.19. The van der Waals surface area contributed by atoms with Gasteiger partial charge in [0.05, 0.1) is 18.8 Å². The molecule has 108 valence electrons. The molecule has 0 aliphatic heterocycles. The van der Waals surface area contributed by atoms with Crippen LogP contribution in [0.2, 0.25) is 0 Å². The lowest BCUT2D eigenvalue weighted by Gasteiger charge is -2.15. The van der Waals surface area contributed by atoms with E-state index in [-0.39, 0.29) is 17.2 Å². The van der Waals surface area contributed by atoms with Gasteiger partial charge in [-0.15, -0.1) is 0 Å². The molecule has 0 spiro atoms. The summed E-state index contributed by atoms with van der Waals surface area (Å²) in [4.78, 5) is 11.8. The molecular formula is C13H22N2O3S. The number of carbonyl (C=O) groups is 1. The molecule has 5 nitrogen and oxygen atoms in total. The molecule has 0 fully saturated rings. The monoisotopic (exact) mass is 286 g/mol. The maximum atomic E-state index is 11.8. The largest absolute Gasteiger partial charge is 0.467 e. The smallest absolute Gasteiger partial charge is 0.237 e. The molecule has 1 aromatic heterocycles. The van der Waals surface area contributed by atoms with Crippen LogP contribution in [0.1, 0.15) is 26.0 Å². The van der Waals surface area contributed by atoms with Crippen molar-refractivity contribution < 1.29 is 13.4 Å². The van der Waals surface area contributed by atoms with Gasteiger partial charge < -0.3 is 15.1 Å². The minimum Gasteiger partial charge on any atom is -0.467 e. The average molecular weight is 286 g/mol. The van der Waals surface area contributed by atoms with Crippen LogP contribution in [0.4, 0.5) is 0 Å². The molecule has 1 heterocycles. The van der Waals surface area contributed by atoms with E-state index < -0.39 is 10.8 Å². The van der Waals surface area contributed by atoms with E-state index in [0.29, 0.717) is 13.1 Å². The van der Waals surface area contributed by atoms with Gasteiger partial charge in [0, 0.05) is 22.3 Å². The van der Waals surface area contributed by atoms with E-state index in [1.165, 1.54) is 0 Å². The molecule has 19 heavy (non-hydrogen) atoms. The molecule has 3 unspecified atom stereocenters. The fourth-order valence-electron chi connectivity index (χ4n) is 1.50. The fourth-order valence-corrected chi connectivity index (χ4v) is 1.95. The number of rotatable bonds is 8. The van der Waals surface area contributed by atoms with Gasteiger partial charge in [-0.1, -0.05) is 6.92 Å². The minimum absolute atomic E-state index is 0.0679. The third-order valence-electron chi connectivity index (χ3n) is 2.98. The van der Waals surface area contributed by atoms with Crippen molar-refractivity contribution in [1.29, 1.82) is 0 Å². The molecule has 1 amide bonds. The lowest BCUT2D eigenvalue weighted by atomic mass is 10.2. The molecule has 0 aromatic carbocycles. The van der Waals surface area contributed by atoms with Gasteiger partial charge in [-0.3, -0.25) is 9.00 Å².